The van der Waals surface area contributed by atoms with Gasteiger partial charge in [0.2, 0.25) is 0 Å². The number of aromatic nitrogens is 2. The highest BCUT2D eigenvalue weighted by atomic mass is 32.2. The second-order valence-electron chi connectivity index (χ2n) is 7.16. The maximum Gasteiger partial charge on any atom is 0.262 e. The third-order valence-electron chi connectivity index (χ3n) is 5.32. The number of thioether (sulfide) groups is 1. The number of carbonyl (C=O) groups is 1. The molecule has 0 spiro atoms. The van der Waals surface area contributed by atoms with Gasteiger partial charge in [0.15, 0.2) is 10.9 Å². The number of hydrogen-bond donors (Lipinski definition) is 0. The number of carbonyl (C=O) groups excluding carboxylic acids is 1. The zero-order valence-electron chi connectivity index (χ0n) is 18.3. The molecule has 1 heterocycles. The van der Waals surface area contributed by atoms with Crippen molar-refractivity contribution in [2.75, 3.05) is 32.5 Å². The fourth-order valence-corrected chi connectivity index (χ4v) is 4.44. The zero-order chi connectivity index (χ0) is 22.2. The van der Waals surface area contributed by atoms with Gasteiger partial charge < -0.3 is 9.64 Å². The van der Waals surface area contributed by atoms with Gasteiger partial charge in [0, 0.05) is 6.54 Å². The van der Waals surface area contributed by atoms with Crippen LogP contribution in [0.25, 0.3) is 10.9 Å². The summed E-state index contributed by atoms with van der Waals surface area (Å²) in [6.45, 7) is 7.72. The van der Waals surface area contributed by atoms with E-state index in [1.165, 1.54) is 11.8 Å². The summed E-state index contributed by atoms with van der Waals surface area (Å²) in [5.74, 6) is 0.678. The van der Waals surface area contributed by atoms with Crippen molar-refractivity contribution in [3.63, 3.8) is 0 Å². The lowest BCUT2D eigenvalue weighted by Crippen LogP contribution is -2.28. The summed E-state index contributed by atoms with van der Waals surface area (Å²) in [6.07, 6.45) is 0.843. The topological polar surface area (TPSA) is 64.4 Å². The van der Waals surface area contributed by atoms with E-state index in [9.17, 15) is 9.59 Å². The summed E-state index contributed by atoms with van der Waals surface area (Å²) < 4.78 is 7.02. The minimum Gasteiger partial charge on any atom is -0.496 e. The SMILES string of the molecule is CCN(CC)CCCn1c(SCC(=O)c2ccccc2OC)nc2ccccc2c1=O. The number of rotatable bonds is 11. The molecule has 0 amide bonds. The average Bonchev–Trinajstić information content (AvgIpc) is 2.81. The molecule has 0 aliphatic rings. The van der Waals surface area contributed by atoms with Crippen LogP contribution in [0, 0.1) is 0 Å². The van der Waals surface area contributed by atoms with Gasteiger partial charge in [-0.1, -0.05) is 49.9 Å². The van der Waals surface area contributed by atoms with Crippen LogP contribution in [0.5, 0.6) is 5.75 Å². The van der Waals surface area contributed by atoms with E-state index in [1.54, 1.807) is 29.9 Å². The monoisotopic (exact) mass is 439 g/mol. The molecule has 0 aliphatic heterocycles. The lowest BCUT2D eigenvalue weighted by atomic mass is 10.1. The van der Waals surface area contributed by atoms with Crippen LogP contribution < -0.4 is 10.3 Å². The molecule has 0 unspecified atom stereocenters. The van der Waals surface area contributed by atoms with E-state index in [0.29, 0.717) is 33.9 Å². The Hall–Kier alpha value is -2.64. The summed E-state index contributed by atoms with van der Waals surface area (Å²) in [7, 11) is 1.55. The van der Waals surface area contributed by atoms with Crippen molar-refractivity contribution in [2.24, 2.45) is 0 Å². The standard InChI is InChI=1S/C24H29N3O3S/c1-4-26(5-2)15-10-16-27-23(29)18-11-6-8-13-20(18)25-24(27)31-17-21(28)19-12-7-9-14-22(19)30-3/h6-9,11-14H,4-5,10,15-17H2,1-3H3. The Bertz CT molecular complexity index is 1090. The normalized spacial score (nSPS) is 11.2. The number of ketones is 1. The molecule has 0 saturated heterocycles. The molecule has 0 radical (unpaired) electrons. The highest BCUT2D eigenvalue weighted by molar-refractivity contribution is 7.99. The van der Waals surface area contributed by atoms with E-state index in [2.05, 4.69) is 18.7 Å². The lowest BCUT2D eigenvalue weighted by molar-refractivity contribution is 0.101. The molecule has 1 aromatic heterocycles. The van der Waals surface area contributed by atoms with Crippen molar-refractivity contribution < 1.29 is 9.53 Å². The van der Waals surface area contributed by atoms with Gasteiger partial charge in [0.25, 0.3) is 5.56 Å². The molecule has 3 aromatic rings. The highest BCUT2D eigenvalue weighted by Crippen LogP contribution is 2.23. The Balaban J connectivity index is 1.85. The van der Waals surface area contributed by atoms with Crippen LogP contribution >= 0.6 is 11.8 Å². The van der Waals surface area contributed by atoms with Crippen LogP contribution in [0.2, 0.25) is 0 Å². The van der Waals surface area contributed by atoms with Crippen molar-refractivity contribution in [3.05, 3.63) is 64.4 Å². The van der Waals surface area contributed by atoms with Gasteiger partial charge in [-0.15, -0.1) is 0 Å². The third kappa shape index (κ3) is 5.54. The van der Waals surface area contributed by atoms with E-state index < -0.39 is 0 Å². The number of ether oxygens (including phenoxy) is 1. The quantitative estimate of drug-likeness (QED) is 0.254. The van der Waals surface area contributed by atoms with Crippen LogP contribution in [0.15, 0.2) is 58.5 Å². The number of hydrogen-bond acceptors (Lipinski definition) is 6. The largest absolute Gasteiger partial charge is 0.496 e. The maximum absolute atomic E-state index is 13.2. The molecule has 7 heteroatoms. The number of methoxy groups -OCH3 is 1. The minimum absolute atomic E-state index is 0.0560. The van der Waals surface area contributed by atoms with E-state index in [1.807, 2.05) is 30.3 Å². The first-order chi connectivity index (χ1) is 15.1. The number of nitrogens with zero attached hydrogens (tertiary/aromatic N) is 3. The molecule has 2 aromatic carbocycles. The molecular weight excluding hydrogens is 410 g/mol. The van der Waals surface area contributed by atoms with Crippen molar-refractivity contribution in [3.8, 4) is 5.75 Å². The molecule has 0 fully saturated rings. The highest BCUT2D eigenvalue weighted by Gasteiger charge is 2.16. The van der Waals surface area contributed by atoms with Gasteiger partial charge in [0.1, 0.15) is 5.75 Å². The van der Waals surface area contributed by atoms with E-state index >= 15 is 0 Å². The molecule has 0 saturated carbocycles. The number of Topliss-reactive ketones (excluding diaryl/α,β-unsaturated/α-hetero) is 1. The first-order valence-corrected chi connectivity index (χ1v) is 11.6. The van der Waals surface area contributed by atoms with Crippen LogP contribution in [-0.4, -0.2) is 52.7 Å². The first kappa shape index (κ1) is 23.0. The Labute approximate surface area is 187 Å². The lowest BCUT2D eigenvalue weighted by Gasteiger charge is -2.19. The summed E-state index contributed by atoms with van der Waals surface area (Å²) in [6, 6.07) is 14.5. The molecule has 31 heavy (non-hydrogen) atoms. The fraction of sp³-hybridized carbons (Fsp3) is 0.375. The smallest absolute Gasteiger partial charge is 0.262 e. The third-order valence-corrected chi connectivity index (χ3v) is 6.29. The van der Waals surface area contributed by atoms with E-state index in [0.717, 1.165) is 26.1 Å². The Morgan fingerprint density at radius 3 is 2.55 bits per heavy atom. The number of benzene rings is 2. The summed E-state index contributed by atoms with van der Waals surface area (Å²) >= 11 is 1.30. The average molecular weight is 440 g/mol. The van der Waals surface area contributed by atoms with Crippen LogP contribution in [0.4, 0.5) is 0 Å². The van der Waals surface area contributed by atoms with Gasteiger partial charge in [-0.05, 0) is 50.3 Å². The number of para-hydroxylation sites is 2. The van der Waals surface area contributed by atoms with Gasteiger partial charge in [-0.2, -0.15) is 0 Å². The summed E-state index contributed by atoms with van der Waals surface area (Å²) in [4.78, 5) is 33.0. The van der Waals surface area contributed by atoms with E-state index in [-0.39, 0.29) is 17.1 Å². The predicted molar refractivity (Wildman–Crippen MR) is 126 cm³/mol. The van der Waals surface area contributed by atoms with Crippen molar-refractivity contribution in [2.45, 2.75) is 32.0 Å². The maximum atomic E-state index is 13.2. The van der Waals surface area contributed by atoms with Gasteiger partial charge >= 0.3 is 0 Å². The molecular formula is C24H29N3O3S. The van der Waals surface area contributed by atoms with Crippen LogP contribution in [-0.2, 0) is 6.54 Å². The second kappa shape index (κ2) is 11.1. The molecule has 0 atom stereocenters. The summed E-state index contributed by atoms with van der Waals surface area (Å²) in [5, 5.41) is 1.18. The van der Waals surface area contributed by atoms with Crippen molar-refractivity contribution in [1.29, 1.82) is 0 Å². The minimum atomic E-state index is -0.0580. The van der Waals surface area contributed by atoms with Crippen molar-refractivity contribution in [1.82, 2.24) is 14.5 Å². The van der Waals surface area contributed by atoms with Gasteiger partial charge in [-0.3, -0.25) is 14.2 Å². The fourth-order valence-electron chi connectivity index (χ4n) is 3.53. The Kier molecular flexibility index (Phi) is 8.26. The van der Waals surface area contributed by atoms with Crippen LogP contribution in [0.1, 0.15) is 30.6 Å². The molecule has 6 nitrogen and oxygen atoms in total. The molecule has 0 aliphatic carbocycles. The Morgan fingerprint density at radius 1 is 1.10 bits per heavy atom. The van der Waals surface area contributed by atoms with Gasteiger partial charge in [0.05, 0.1) is 29.3 Å². The molecule has 3 rings (SSSR count). The summed E-state index contributed by atoms with van der Waals surface area (Å²) in [5.41, 5.74) is 1.13. The molecule has 0 N–H and O–H groups in total. The van der Waals surface area contributed by atoms with E-state index in [4.69, 9.17) is 9.72 Å². The van der Waals surface area contributed by atoms with Crippen molar-refractivity contribution >= 4 is 28.4 Å². The first-order valence-electron chi connectivity index (χ1n) is 10.6. The van der Waals surface area contributed by atoms with Gasteiger partial charge in [-0.25, -0.2) is 4.98 Å². The number of fused-ring (bicyclic) bond motifs is 1. The second-order valence-corrected chi connectivity index (χ2v) is 8.10. The zero-order valence-corrected chi connectivity index (χ0v) is 19.2. The Morgan fingerprint density at radius 2 is 1.81 bits per heavy atom. The molecule has 164 valence electrons. The molecule has 0 bridgehead atoms. The van der Waals surface area contributed by atoms with Crippen LogP contribution in [0.3, 0.4) is 0 Å². The predicted octanol–water partition coefficient (Wildman–Crippen LogP) is 4.11.